The highest BCUT2D eigenvalue weighted by atomic mass is 35.5. The number of hydrogen-bond donors (Lipinski definition) is 0. The lowest BCUT2D eigenvalue weighted by Crippen LogP contribution is -2.02. The van der Waals surface area contributed by atoms with Gasteiger partial charge in [-0.25, -0.2) is 9.78 Å². The lowest BCUT2D eigenvalue weighted by Gasteiger charge is -2.02. The highest BCUT2D eigenvalue weighted by molar-refractivity contribution is 6.42. The van der Waals surface area contributed by atoms with Crippen LogP contribution in [0.1, 0.15) is 0 Å². The molecule has 94 valence electrons. The molecule has 3 rings (SSSR count). The van der Waals surface area contributed by atoms with Gasteiger partial charge in [-0.15, -0.1) is 0 Å². The van der Waals surface area contributed by atoms with Gasteiger partial charge in [-0.2, -0.15) is 0 Å². The Labute approximate surface area is 118 Å². The van der Waals surface area contributed by atoms with Crippen LogP contribution in [-0.4, -0.2) is 4.98 Å². The van der Waals surface area contributed by atoms with Crippen molar-refractivity contribution in [2.45, 2.75) is 0 Å². The largest absolute Gasteiger partial charge is 0.403 e. The first-order chi connectivity index (χ1) is 9.15. The number of halogens is 2. The normalized spacial score (nSPS) is 10.8. The topological polar surface area (TPSA) is 43.1 Å². The summed E-state index contributed by atoms with van der Waals surface area (Å²) < 4.78 is 5.20. The first kappa shape index (κ1) is 12.2. The minimum atomic E-state index is -0.424. The first-order valence-electron chi connectivity index (χ1n) is 5.50. The Balaban J connectivity index is 2.25. The monoisotopic (exact) mass is 291 g/mol. The zero-order chi connectivity index (χ0) is 13.4. The Morgan fingerprint density at radius 2 is 1.79 bits per heavy atom. The van der Waals surface area contributed by atoms with E-state index < -0.39 is 5.63 Å². The molecular formula is C14H7Cl2NO2. The van der Waals surface area contributed by atoms with Gasteiger partial charge in [-0.3, -0.25) is 0 Å². The lowest BCUT2D eigenvalue weighted by atomic mass is 10.2. The average molecular weight is 292 g/mol. The molecule has 0 aliphatic carbocycles. The van der Waals surface area contributed by atoms with E-state index >= 15 is 0 Å². The number of fused-ring (bicyclic) bond motifs is 1. The molecule has 2 aromatic carbocycles. The zero-order valence-electron chi connectivity index (χ0n) is 9.56. The van der Waals surface area contributed by atoms with Crippen LogP contribution in [0.2, 0.25) is 10.0 Å². The Bertz CT molecular complexity index is 827. The second-order valence-corrected chi connectivity index (χ2v) is 4.77. The molecule has 0 amide bonds. The van der Waals surface area contributed by atoms with E-state index in [-0.39, 0.29) is 5.89 Å². The molecule has 0 unspecified atom stereocenters. The highest BCUT2D eigenvalue weighted by Crippen LogP contribution is 2.27. The van der Waals surface area contributed by atoms with Crippen LogP contribution in [0.25, 0.3) is 22.4 Å². The molecule has 0 fully saturated rings. The fourth-order valence-corrected chi connectivity index (χ4v) is 2.07. The Kier molecular flexibility index (Phi) is 3.01. The van der Waals surface area contributed by atoms with Crippen LogP contribution in [0.15, 0.2) is 51.7 Å². The molecule has 3 aromatic rings. The van der Waals surface area contributed by atoms with Crippen molar-refractivity contribution in [2.75, 3.05) is 0 Å². The van der Waals surface area contributed by atoms with Crippen molar-refractivity contribution >= 4 is 34.1 Å². The van der Waals surface area contributed by atoms with Gasteiger partial charge < -0.3 is 4.42 Å². The maximum absolute atomic E-state index is 11.9. The molecule has 0 aliphatic heterocycles. The van der Waals surface area contributed by atoms with Crippen LogP contribution < -0.4 is 5.63 Å². The van der Waals surface area contributed by atoms with Gasteiger partial charge in [0, 0.05) is 5.56 Å². The van der Waals surface area contributed by atoms with E-state index in [1.165, 1.54) is 0 Å². The molecule has 0 saturated carbocycles. The van der Waals surface area contributed by atoms with E-state index in [2.05, 4.69) is 4.98 Å². The third kappa shape index (κ3) is 2.23. The van der Waals surface area contributed by atoms with Gasteiger partial charge in [0.2, 0.25) is 5.89 Å². The van der Waals surface area contributed by atoms with Gasteiger partial charge in [0.1, 0.15) is 0 Å². The summed E-state index contributed by atoms with van der Waals surface area (Å²) in [5.74, 6) is 0.224. The first-order valence-corrected chi connectivity index (χ1v) is 6.26. The minimum absolute atomic E-state index is 0.224. The van der Waals surface area contributed by atoms with E-state index in [4.69, 9.17) is 27.6 Å². The summed E-state index contributed by atoms with van der Waals surface area (Å²) in [7, 11) is 0. The molecule has 0 atom stereocenters. The maximum Gasteiger partial charge on any atom is 0.347 e. The summed E-state index contributed by atoms with van der Waals surface area (Å²) in [6.45, 7) is 0. The van der Waals surface area contributed by atoms with Gasteiger partial charge in [0.15, 0.2) is 0 Å². The number of para-hydroxylation sites is 1. The van der Waals surface area contributed by atoms with Gasteiger partial charge in [-0.05, 0) is 30.3 Å². The molecule has 1 aromatic heterocycles. The van der Waals surface area contributed by atoms with E-state index in [0.717, 1.165) is 0 Å². The molecule has 19 heavy (non-hydrogen) atoms. The summed E-state index contributed by atoms with van der Waals surface area (Å²) >= 11 is 11.8. The number of rotatable bonds is 1. The van der Waals surface area contributed by atoms with Crippen molar-refractivity contribution in [3.8, 4) is 11.5 Å². The number of benzene rings is 2. The van der Waals surface area contributed by atoms with Crippen molar-refractivity contribution in [3.63, 3.8) is 0 Å². The van der Waals surface area contributed by atoms with Gasteiger partial charge in [-0.1, -0.05) is 35.3 Å². The molecule has 0 aliphatic rings. The summed E-state index contributed by atoms with van der Waals surface area (Å²) in [5.41, 5.74) is 0.767. The molecular weight excluding hydrogens is 285 g/mol. The van der Waals surface area contributed by atoms with E-state index in [1.54, 1.807) is 36.4 Å². The summed E-state index contributed by atoms with van der Waals surface area (Å²) in [5, 5.41) is 1.27. The molecule has 0 radical (unpaired) electrons. The third-order valence-corrected chi connectivity index (χ3v) is 3.44. The Morgan fingerprint density at radius 1 is 1.00 bits per heavy atom. The zero-order valence-corrected chi connectivity index (χ0v) is 11.1. The lowest BCUT2D eigenvalue weighted by molar-refractivity contribution is 0.518. The van der Waals surface area contributed by atoms with E-state index in [1.807, 2.05) is 6.07 Å². The second-order valence-electron chi connectivity index (χ2n) is 3.95. The van der Waals surface area contributed by atoms with Crippen LogP contribution in [0.4, 0.5) is 0 Å². The van der Waals surface area contributed by atoms with Crippen LogP contribution in [0, 0.1) is 0 Å². The maximum atomic E-state index is 11.9. The predicted molar refractivity (Wildman–Crippen MR) is 75.7 cm³/mol. The standard InChI is InChI=1S/C14H7Cl2NO2/c15-10-6-5-8(7-11(10)16)13-17-12-4-2-1-3-9(12)14(18)19-13/h1-7H. The van der Waals surface area contributed by atoms with Gasteiger partial charge in [0.25, 0.3) is 0 Å². The van der Waals surface area contributed by atoms with E-state index in [0.29, 0.717) is 26.5 Å². The van der Waals surface area contributed by atoms with Gasteiger partial charge in [0.05, 0.1) is 20.9 Å². The number of aromatic nitrogens is 1. The van der Waals surface area contributed by atoms with E-state index in [9.17, 15) is 4.79 Å². The number of hydrogen-bond acceptors (Lipinski definition) is 3. The van der Waals surface area contributed by atoms with Crippen LogP contribution in [-0.2, 0) is 0 Å². The molecule has 0 saturated heterocycles. The summed E-state index contributed by atoms with van der Waals surface area (Å²) in [6.07, 6.45) is 0. The summed E-state index contributed by atoms with van der Waals surface area (Å²) in [6, 6.07) is 12.0. The Morgan fingerprint density at radius 3 is 2.58 bits per heavy atom. The highest BCUT2D eigenvalue weighted by Gasteiger charge is 2.09. The number of nitrogens with zero attached hydrogens (tertiary/aromatic N) is 1. The Hall–Kier alpha value is -1.84. The predicted octanol–water partition coefficient (Wildman–Crippen LogP) is 4.16. The fraction of sp³-hybridized carbons (Fsp3) is 0. The fourth-order valence-electron chi connectivity index (χ4n) is 1.77. The van der Waals surface area contributed by atoms with Crippen LogP contribution in [0.5, 0.6) is 0 Å². The van der Waals surface area contributed by atoms with Crippen LogP contribution in [0.3, 0.4) is 0 Å². The van der Waals surface area contributed by atoms with Crippen molar-refractivity contribution < 1.29 is 4.42 Å². The van der Waals surface area contributed by atoms with Crippen molar-refractivity contribution in [3.05, 3.63) is 62.9 Å². The summed E-state index contributed by atoms with van der Waals surface area (Å²) in [4.78, 5) is 16.2. The quantitative estimate of drug-likeness (QED) is 0.676. The molecule has 0 N–H and O–H groups in total. The molecule has 1 heterocycles. The minimum Gasteiger partial charge on any atom is -0.403 e. The molecule has 0 spiro atoms. The van der Waals surface area contributed by atoms with Gasteiger partial charge >= 0.3 is 5.63 Å². The third-order valence-electron chi connectivity index (χ3n) is 2.70. The molecule has 5 heteroatoms. The van der Waals surface area contributed by atoms with Crippen molar-refractivity contribution in [2.24, 2.45) is 0 Å². The average Bonchev–Trinajstić information content (AvgIpc) is 2.42. The molecule has 3 nitrogen and oxygen atoms in total. The SMILES string of the molecule is O=c1oc(-c2ccc(Cl)c(Cl)c2)nc2ccccc12. The van der Waals surface area contributed by atoms with Crippen molar-refractivity contribution in [1.82, 2.24) is 4.98 Å². The van der Waals surface area contributed by atoms with Crippen molar-refractivity contribution in [1.29, 1.82) is 0 Å². The van der Waals surface area contributed by atoms with Crippen LogP contribution >= 0.6 is 23.2 Å². The molecule has 0 bridgehead atoms. The smallest absolute Gasteiger partial charge is 0.347 e. The second kappa shape index (κ2) is 4.68.